The van der Waals surface area contributed by atoms with Gasteiger partial charge in [-0.25, -0.2) is 0 Å². The highest BCUT2D eigenvalue weighted by Gasteiger charge is 2.39. The summed E-state index contributed by atoms with van der Waals surface area (Å²) in [5.74, 6) is 3.89. The molecule has 2 saturated carbocycles. The standard InChI is InChI=1S/C19H36N2/c1-14(2)16-8-9-18(20-3)19(12-16)21-11-10-15-6-4-5-7-17(15)13-21/h14-20H,4-13H2,1-3H3. The van der Waals surface area contributed by atoms with Crippen LogP contribution in [0.3, 0.4) is 0 Å². The van der Waals surface area contributed by atoms with E-state index in [4.69, 9.17) is 0 Å². The van der Waals surface area contributed by atoms with Crippen molar-refractivity contribution in [1.82, 2.24) is 10.2 Å². The van der Waals surface area contributed by atoms with Crippen molar-refractivity contribution >= 4 is 0 Å². The third-order valence-corrected chi connectivity index (χ3v) is 6.96. The van der Waals surface area contributed by atoms with Gasteiger partial charge >= 0.3 is 0 Å². The lowest BCUT2D eigenvalue weighted by Crippen LogP contribution is -2.56. The average Bonchev–Trinajstić information content (AvgIpc) is 2.53. The first kappa shape index (κ1) is 15.8. The Hall–Kier alpha value is -0.0800. The molecular weight excluding hydrogens is 256 g/mol. The third kappa shape index (κ3) is 3.47. The molecule has 0 aromatic heterocycles. The van der Waals surface area contributed by atoms with Crippen molar-refractivity contribution in [3.8, 4) is 0 Å². The van der Waals surface area contributed by atoms with Crippen LogP contribution in [0.1, 0.15) is 65.2 Å². The first-order chi connectivity index (χ1) is 10.2. The molecule has 122 valence electrons. The van der Waals surface area contributed by atoms with Gasteiger partial charge in [-0.1, -0.05) is 33.1 Å². The summed E-state index contributed by atoms with van der Waals surface area (Å²) in [6.45, 7) is 7.62. The number of hydrogen-bond donors (Lipinski definition) is 1. The molecule has 5 unspecified atom stereocenters. The molecule has 0 aromatic carbocycles. The quantitative estimate of drug-likeness (QED) is 0.848. The van der Waals surface area contributed by atoms with Gasteiger partial charge in [0.1, 0.15) is 0 Å². The van der Waals surface area contributed by atoms with Crippen LogP contribution in [0.25, 0.3) is 0 Å². The lowest BCUT2D eigenvalue weighted by Gasteiger charge is -2.49. The molecule has 3 fully saturated rings. The summed E-state index contributed by atoms with van der Waals surface area (Å²) < 4.78 is 0. The monoisotopic (exact) mass is 292 g/mol. The van der Waals surface area contributed by atoms with E-state index in [0.717, 1.165) is 35.8 Å². The zero-order chi connectivity index (χ0) is 14.8. The SMILES string of the molecule is CNC1CCC(C(C)C)CC1N1CCC2CCCCC2C1. The average molecular weight is 293 g/mol. The molecule has 0 amide bonds. The number of likely N-dealkylation sites (tertiary alicyclic amines) is 1. The lowest BCUT2D eigenvalue weighted by atomic mass is 9.72. The number of likely N-dealkylation sites (N-methyl/N-ethyl adjacent to an activating group) is 1. The first-order valence-corrected chi connectivity index (χ1v) is 9.60. The molecule has 2 nitrogen and oxygen atoms in total. The zero-order valence-electron chi connectivity index (χ0n) is 14.5. The number of hydrogen-bond acceptors (Lipinski definition) is 2. The molecule has 0 spiro atoms. The third-order valence-electron chi connectivity index (χ3n) is 6.96. The highest BCUT2D eigenvalue weighted by molar-refractivity contribution is 4.95. The van der Waals surface area contributed by atoms with Gasteiger partial charge in [-0.2, -0.15) is 0 Å². The maximum absolute atomic E-state index is 3.64. The summed E-state index contributed by atoms with van der Waals surface area (Å²) >= 11 is 0. The van der Waals surface area contributed by atoms with Crippen LogP contribution in [0.5, 0.6) is 0 Å². The molecule has 1 saturated heterocycles. The van der Waals surface area contributed by atoms with E-state index in [9.17, 15) is 0 Å². The summed E-state index contributed by atoms with van der Waals surface area (Å²) in [7, 11) is 2.18. The molecule has 0 aromatic rings. The molecule has 2 heteroatoms. The van der Waals surface area contributed by atoms with Crippen LogP contribution in [0, 0.1) is 23.7 Å². The van der Waals surface area contributed by atoms with Crippen LogP contribution in [0.15, 0.2) is 0 Å². The molecule has 3 rings (SSSR count). The first-order valence-electron chi connectivity index (χ1n) is 9.60. The van der Waals surface area contributed by atoms with Crippen LogP contribution < -0.4 is 5.32 Å². The summed E-state index contributed by atoms with van der Waals surface area (Å²) in [4.78, 5) is 2.89. The van der Waals surface area contributed by atoms with Crippen LogP contribution >= 0.6 is 0 Å². The molecule has 2 aliphatic carbocycles. The lowest BCUT2D eigenvalue weighted by molar-refractivity contribution is 0.0168. The second kappa shape index (κ2) is 7.00. The fourth-order valence-electron chi connectivity index (χ4n) is 5.45. The molecule has 3 aliphatic rings. The Morgan fingerprint density at radius 3 is 2.43 bits per heavy atom. The predicted molar refractivity (Wildman–Crippen MR) is 90.5 cm³/mol. The maximum atomic E-state index is 3.64. The van der Waals surface area contributed by atoms with Gasteiger partial charge in [0.05, 0.1) is 0 Å². The number of fused-ring (bicyclic) bond motifs is 1. The van der Waals surface area contributed by atoms with Crippen molar-refractivity contribution in [2.75, 3.05) is 20.1 Å². The van der Waals surface area contributed by atoms with E-state index in [1.54, 1.807) is 0 Å². The van der Waals surface area contributed by atoms with Gasteiger partial charge in [0.25, 0.3) is 0 Å². The van der Waals surface area contributed by atoms with Crippen LogP contribution in [0.2, 0.25) is 0 Å². The van der Waals surface area contributed by atoms with Crippen LogP contribution in [-0.4, -0.2) is 37.1 Å². The van der Waals surface area contributed by atoms with Crippen molar-refractivity contribution in [2.45, 2.75) is 77.3 Å². The van der Waals surface area contributed by atoms with Crippen molar-refractivity contribution in [3.05, 3.63) is 0 Å². The van der Waals surface area contributed by atoms with Crippen LogP contribution in [0.4, 0.5) is 0 Å². The Morgan fingerprint density at radius 2 is 1.71 bits per heavy atom. The van der Waals surface area contributed by atoms with Gasteiger partial charge in [0, 0.05) is 18.6 Å². The van der Waals surface area contributed by atoms with Crippen molar-refractivity contribution in [2.24, 2.45) is 23.7 Å². The normalized spacial score (nSPS) is 42.0. The van der Waals surface area contributed by atoms with E-state index in [-0.39, 0.29) is 0 Å². The predicted octanol–water partition coefficient (Wildman–Crippen LogP) is 3.91. The fraction of sp³-hybridized carbons (Fsp3) is 1.00. The van der Waals surface area contributed by atoms with E-state index < -0.39 is 0 Å². The van der Waals surface area contributed by atoms with Gasteiger partial charge in [-0.15, -0.1) is 0 Å². The summed E-state index contributed by atoms with van der Waals surface area (Å²) in [5, 5.41) is 3.64. The molecule has 1 aliphatic heterocycles. The maximum Gasteiger partial charge on any atom is 0.0252 e. The summed E-state index contributed by atoms with van der Waals surface area (Å²) in [6, 6.07) is 1.54. The highest BCUT2D eigenvalue weighted by atomic mass is 15.2. The smallest absolute Gasteiger partial charge is 0.0252 e. The van der Waals surface area contributed by atoms with E-state index in [0.29, 0.717) is 0 Å². The van der Waals surface area contributed by atoms with Gasteiger partial charge in [-0.05, 0) is 69.4 Å². The Kier molecular flexibility index (Phi) is 5.27. The minimum absolute atomic E-state index is 0.736. The topological polar surface area (TPSA) is 15.3 Å². The largest absolute Gasteiger partial charge is 0.315 e. The second-order valence-electron chi connectivity index (χ2n) is 8.37. The molecule has 1 heterocycles. The number of nitrogens with one attached hydrogen (secondary N) is 1. The zero-order valence-corrected chi connectivity index (χ0v) is 14.5. The molecule has 1 N–H and O–H groups in total. The van der Waals surface area contributed by atoms with E-state index in [1.165, 1.54) is 64.5 Å². The Balaban J connectivity index is 1.65. The number of piperidine rings is 1. The number of rotatable bonds is 3. The van der Waals surface area contributed by atoms with Crippen molar-refractivity contribution in [3.63, 3.8) is 0 Å². The Morgan fingerprint density at radius 1 is 0.952 bits per heavy atom. The van der Waals surface area contributed by atoms with E-state index in [1.807, 2.05) is 0 Å². The molecule has 5 atom stereocenters. The fourth-order valence-corrected chi connectivity index (χ4v) is 5.45. The molecule has 0 bridgehead atoms. The minimum atomic E-state index is 0.736. The number of nitrogens with zero attached hydrogens (tertiary/aromatic N) is 1. The Labute approximate surface area is 132 Å². The van der Waals surface area contributed by atoms with E-state index >= 15 is 0 Å². The summed E-state index contributed by atoms with van der Waals surface area (Å²) in [5.41, 5.74) is 0. The second-order valence-corrected chi connectivity index (χ2v) is 8.37. The molecular formula is C19H36N2. The van der Waals surface area contributed by atoms with Crippen molar-refractivity contribution < 1.29 is 0 Å². The van der Waals surface area contributed by atoms with E-state index in [2.05, 4.69) is 31.1 Å². The van der Waals surface area contributed by atoms with Crippen molar-refractivity contribution in [1.29, 1.82) is 0 Å². The van der Waals surface area contributed by atoms with Crippen LogP contribution in [-0.2, 0) is 0 Å². The Bertz CT molecular complexity index is 328. The molecule has 0 radical (unpaired) electrons. The summed E-state index contributed by atoms with van der Waals surface area (Å²) in [6.07, 6.45) is 11.7. The molecule has 21 heavy (non-hydrogen) atoms. The van der Waals surface area contributed by atoms with Gasteiger partial charge < -0.3 is 5.32 Å². The van der Waals surface area contributed by atoms with Gasteiger partial charge in [-0.3, -0.25) is 4.90 Å². The highest BCUT2D eigenvalue weighted by Crippen LogP contribution is 2.39. The van der Waals surface area contributed by atoms with Gasteiger partial charge in [0.2, 0.25) is 0 Å². The minimum Gasteiger partial charge on any atom is -0.315 e. The van der Waals surface area contributed by atoms with Gasteiger partial charge in [0.15, 0.2) is 0 Å².